The largest absolute Gasteiger partial charge is 0.493 e. The lowest BCUT2D eigenvalue weighted by molar-refractivity contribution is 0.354. The molecule has 0 aliphatic heterocycles. The topological polar surface area (TPSA) is 54.9 Å². The first-order chi connectivity index (χ1) is 11.1. The van der Waals surface area contributed by atoms with Crippen LogP contribution in [0.15, 0.2) is 23.2 Å². The van der Waals surface area contributed by atoms with Crippen LogP contribution in [0.3, 0.4) is 0 Å². The maximum absolute atomic E-state index is 5.33. The molecule has 0 amide bonds. The number of methoxy groups -OCH3 is 2. The zero-order chi connectivity index (χ0) is 17.1. The highest BCUT2D eigenvalue weighted by Gasteiger charge is 2.07. The summed E-state index contributed by atoms with van der Waals surface area (Å²) < 4.78 is 10.6. The molecular weight excluding hydrogens is 417 g/mol. The van der Waals surface area contributed by atoms with Gasteiger partial charge in [-0.1, -0.05) is 32.3 Å². The lowest BCUT2D eigenvalue weighted by atomic mass is 10.1. The van der Waals surface area contributed by atoms with Gasteiger partial charge in [0.1, 0.15) is 0 Å². The molecule has 24 heavy (non-hydrogen) atoms. The number of halogens is 1. The van der Waals surface area contributed by atoms with E-state index in [0.29, 0.717) is 12.6 Å². The minimum Gasteiger partial charge on any atom is -0.493 e. The van der Waals surface area contributed by atoms with Crippen molar-refractivity contribution in [2.24, 2.45) is 4.99 Å². The fourth-order valence-electron chi connectivity index (χ4n) is 2.38. The van der Waals surface area contributed by atoms with Crippen molar-refractivity contribution < 1.29 is 9.47 Å². The molecule has 0 aromatic heterocycles. The van der Waals surface area contributed by atoms with Crippen molar-refractivity contribution in [3.8, 4) is 11.5 Å². The van der Waals surface area contributed by atoms with Gasteiger partial charge in [0.05, 0.1) is 14.2 Å². The van der Waals surface area contributed by atoms with Gasteiger partial charge in [0.25, 0.3) is 0 Å². The summed E-state index contributed by atoms with van der Waals surface area (Å²) in [5, 5.41) is 6.77. The Hall–Kier alpha value is -1.18. The Morgan fingerprint density at radius 2 is 1.88 bits per heavy atom. The molecule has 138 valence electrons. The van der Waals surface area contributed by atoms with E-state index >= 15 is 0 Å². The zero-order valence-corrected chi connectivity index (χ0v) is 17.8. The predicted octanol–water partition coefficient (Wildman–Crippen LogP) is 3.96. The van der Waals surface area contributed by atoms with Gasteiger partial charge in [0.15, 0.2) is 17.5 Å². The smallest absolute Gasteiger partial charge is 0.191 e. The molecule has 0 aliphatic rings. The molecule has 0 radical (unpaired) electrons. The monoisotopic (exact) mass is 449 g/mol. The molecule has 0 saturated heterocycles. The van der Waals surface area contributed by atoms with Crippen LogP contribution in [-0.4, -0.2) is 33.3 Å². The van der Waals surface area contributed by atoms with Gasteiger partial charge in [0, 0.05) is 19.6 Å². The van der Waals surface area contributed by atoms with Gasteiger partial charge in [-0.25, -0.2) is 0 Å². The summed E-state index contributed by atoms with van der Waals surface area (Å²) in [5.41, 5.74) is 1.12. The first kappa shape index (κ1) is 22.8. The van der Waals surface area contributed by atoms with Crippen LogP contribution in [0.5, 0.6) is 11.5 Å². The molecule has 0 bridgehead atoms. The molecular formula is C18H32IN3O2. The summed E-state index contributed by atoms with van der Waals surface area (Å²) in [4.78, 5) is 4.29. The van der Waals surface area contributed by atoms with Gasteiger partial charge in [0.2, 0.25) is 0 Å². The number of hydrogen-bond acceptors (Lipinski definition) is 3. The van der Waals surface area contributed by atoms with E-state index in [1.54, 1.807) is 21.3 Å². The molecule has 1 unspecified atom stereocenters. The minimum atomic E-state index is 0. The maximum atomic E-state index is 5.33. The second kappa shape index (κ2) is 13.1. The average Bonchev–Trinajstić information content (AvgIpc) is 2.58. The van der Waals surface area contributed by atoms with E-state index in [0.717, 1.165) is 29.4 Å². The molecule has 1 rings (SSSR count). The summed E-state index contributed by atoms with van der Waals surface area (Å²) in [6.07, 6.45) is 4.94. The van der Waals surface area contributed by atoms with E-state index in [2.05, 4.69) is 29.5 Å². The minimum absolute atomic E-state index is 0. The molecule has 6 heteroatoms. The molecule has 5 nitrogen and oxygen atoms in total. The first-order valence-electron chi connectivity index (χ1n) is 8.32. The Balaban J connectivity index is 0.00000529. The highest BCUT2D eigenvalue weighted by molar-refractivity contribution is 14.0. The fraction of sp³-hybridized carbons (Fsp3) is 0.611. The number of nitrogens with zero attached hydrogens (tertiary/aromatic N) is 1. The molecule has 0 saturated carbocycles. The van der Waals surface area contributed by atoms with Crippen molar-refractivity contribution in [3.63, 3.8) is 0 Å². The number of nitrogens with one attached hydrogen (secondary N) is 2. The third-order valence-corrected chi connectivity index (χ3v) is 3.76. The van der Waals surface area contributed by atoms with Crippen molar-refractivity contribution in [2.45, 2.75) is 52.1 Å². The SMILES string of the molecule is CCCCCC(C)NC(=NC)NCc1ccc(OC)c(OC)c1.I. The number of guanidine groups is 1. The molecule has 0 aliphatic carbocycles. The summed E-state index contributed by atoms with van der Waals surface area (Å²) in [6, 6.07) is 6.33. The van der Waals surface area contributed by atoms with E-state index in [4.69, 9.17) is 9.47 Å². The van der Waals surface area contributed by atoms with Crippen LogP contribution in [-0.2, 0) is 6.54 Å². The van der Waals surface area contributed by atoms with Gasteiger partial charge in [-0.15, -0.1) is 24.0 Å². The number of unbranched alkanes of at least 4 members (excludes halogenated alkanes) is 2. The molecule has 0 spiro atoms. The standard InChI is InChI=1S/C18H31N3O2.HI/c1-6-7-8-9-14(2)21-18(19-3)20-13-15-10-11-16(22-4)17(12-15)23-5;/h10-12,14H,6-9,13H2,1-5H3,(H2,19,20,21);1H. The molecule has 0 heterocycles. The van der Waals surface area contributed by atoms with E-state index in [9.17, 15) is 0 Å². The second-order valence-electron chi connectivity index (χ2n) is 5.66. The van der Waals surface area contributed by atoms with Gasteiger partial charge in [-0.2, -0.15) is 0 Å². The highest BCUT2D eigenvalue weighted by Crippen LogP contribution is 2.27. The Bertz CT molecular complexity index is 495. The van der Waals surface area contributed by atoms with Crippen molar-refractivity contribution >= 4 is 29.9 Å². The lowest BCUT2D eigenvalue weighted by Crippen LogP contribution is -2.41. The van der Waals surface area contributed by atoms with Gasteiger partial charge in [-0.05, 0) is 31.0 Å². The summed E-state index contributed by atoms with van der Waals surface area (Å²) >= 11 is 0. The van der Waals surface area contributed by atoms with E-state index in [1.165, 1.54) is 19.3 Å². The number of rotatable bonds is 9. The molecule has 1 atom stereocenters. The van der Waals surface area contributed by atoms with Crippen LogP contribution in [0.1, 0.15) is 45.1 Å². The molecule has 2 N–H and O–H groups in total. The molecule has 0 fully saturated rings. The number of benzene rings is 1. The van der Waals surface area contributed by atoms with Crippen molar-refractivity contribution in [1.82, 2.24) is 10.6 Å². The van der Waals surface area contributed by atoms with Crippen LogP contribution in [0, 0.1) is 0 Å². The number of ether oxygens (including phenoxy) is 2. The van der Waals surface area contributed by atoms with Crippen LogP contribution in [0.4, 0.5) is 0 Å². The Kier molecular flexibility index (Phi) is 12.5. The first-order valence-corrected chi connectivity index (χ1v) is 8.32. The van der Waals surface area contributed by atoms with E-state index in [1.807, 2.05) is 18.2 Å². The second-order valence-corrected chi connectivity index (χ2v) is 5.66. The lowest BCUT2D eigenvalue weighted by Gasteiger charge is -2.18. The number of hydrogen-bond donors (Lipinski definition) is 2. The Labute approximate surface area is 163 Å². The van der Waals surface area contributed by atoms with E-state index in [-0.39, 0.29) is 24.0 Å². The molecule has 1 aromatic rings. The highest BCUT2D eigenvalue weighted by atomic mass is 127. The van der Waals surface area contributed by atoms with Crippen molar-refractivity contribution in [3.05, 3.63) is 23.8 Å². The molecule has 1 aromatic carbocycles. The van der Waals surface area contributed by atoms with Gasteiger partial charge in [-0.3, -0.25) is 4.99 Å². The zero-order valence-electron chi connectivity index (χ0n) is 15.5. The van der Waals surface area contributed by atoms with Crippen LogP contribution in [0.25, 0.3) is 0 Å². The van der Waals surface area contributed by atoms with E-state index < -0.39 is 0 Å². The van der Waals surface area contributed by atoms with Crippen LogP contribution >= 0.6 is 24.0 Å². The Morgan fingerprint density at radius 1 is 1.17 bits per heavy atom. The third-order valence-electron chi connectivity index (χ3n) is 3.76. The number of aliphatic imine (C=N–C) groups is 1. The van der Waals surface area contributed by atoms with Gasteiger partial charge < -0.3 is 20.1 Å². The fourth-order valence-corrected chi connectivity index (χ4v) is 2.38. The van der Waals surface area contributed by atoms with Crippen molar-refractivity contribution in [2.75, 3.05) is 21.3 Å². The average molecular weight is 449 g/mol. The maximum Gasteiger partial charge on any atom is 0.191 e. The van der Waals surface area contributed by atoms with Crippen LogP contribution in [0.2, 0.25) is 0 Å². The quantitative estimate of drug-likeness (QED) is 0.260. The summed E-state index contributed by atoms with van der Waals surface area (Å²) in [5.74, 6) is 2.30. The predicted molar refractivity (Wildman–Crippen MR) is 112 cm³/mol. The summed E-state index contributed by atoms with van der Waals surface area (Å²) in [6.45, 7) is 5.10. The van der Waals surface area contributed by atoms with Crippen molar-refractivity contribution in [1.29, 1.82) is 0 Å². The Morgan fingerprint density at radius 3 is 2.46 bits per heavy atom. The normalized spacial score (nSPS) is 12.1. The van der Waals surface area contributed by atoms with Gasteiger partial charge >= 0.3 is 0 Å². The third kappa shape index (κ3) is 8.08. The van der Waals surface area contributed by atoms with Crippen LogP contribution < -0.4 is 20.1 Å². The summed E-state index contributed by atoms with van der Waals surface area (Å²) in [7, 11) is 5.08.